The number of aromatic nitrogens is 1. The predicted molar refractivity (Wildman–Crippen MR) is 87.9 cm³/mol. The molecule has 0 bridgehead atoms. The van der Waals surface area contributed by atoms with Crippen LogP contribution in [0.1, 0.15) is 5.56 Å². The minimum atomic E-state index is -3.39. The number of hydrogen-bond acceptors (Lipinski definition) is 4. The van der Waals surface area contributed by atoms with Crippen molar-refractivity contribution in [3.05, 3.63) is 48.2 Å². The lowest BCUT2D eigenvalue weighted by Gasteiger charge is -2.12. The molecule has 0 saturated carbocycles. The van der Waals surface area contributed by atoms with E-state index < -0.39 is 10.0 Å². The largest absolute Gasteiger partial charge is 0.305 e. The van der Waals surface area contributed by atoms with Crippen molar-refractivity contribution < 1.29 is 8.42 Å². The second kappa shape index (κ2) is 6.56. The third kappa shape index (κ3) is 3.71. The van der Waals surface area contributed by atoms with Crippen molar-refractivity contribution in [3.8, 4) is 11.3 Å². The van der Waals surface area contributed by atoms with Gasteiger partial charge in [-0.1, -0.05) is 18.2 Å². The second-order valence-corrected chi connectivity index (χ2v) is 7.75. The van der Waals surface area contributed by atoms with Crippen LogP contribution in [0, 0.1) is 0 Å². The third-order valence-electron chi connectivity index (χ3n) is 3.25. The molecule has 5 nitrogen and oxygen atoms in total. The Morgan fingerprint density at radius 1 is 0.955 bits per heavy atom. The van der Waals surface area contributed by atoms with Gasteiger partial charge in [0.25, 0.3) is 0 Å². The van der Waals surface area contributed by atoms with Crippen molar-refractivity contribution in [1.82, 2.24) is 14.2 Å². The molecule has 0 saturated heterocycles. The Morgan fingerprint density at radius 2 is 1.59 bits per heavy atom. The van der Waals surface area contributed by atoms with Gasteiger partial charge in [0.05, 0.1) is 10.6 Å². The normalized spacial score (nSPS) is 12.1. The van der Waals surface area contributed by atoms with Gasteiger partial charge in [0.1, 0.15) is 0 Å². The van der Waals surface area contributed by atoms with Gasteiger partial charge in [-0.2, -0.15) is 0 Å². The average molecular weight is 319 g/mol. The van der Waals surface area contributed by atoms with E-state index in [1.807, 2.05) is 32.4 Å². The van der Waals surface area contributed by atoms with Crippen LogP contribution in [0.5, 0.6) is 0 Å². The van der Waals surface area contributed by atoms with E-state index in [1.54, 1.807) is 24.3 Å². The highest BCUT2D eigenvalue weighted by Gasteiger charge is 2.16. The Bertz CT molecular complexity index is 721. The first-order chi connectivity index (χ1) is 10.3. The molecule has 0 radical (unpaired) electrons. The van der Waals surface area contributed by atoms with Crippen LogP contribution in [0.15, 0.2) is 47.5 Å². The zero-order valence-corrected chi connectivity index (χ0v) is 14.1. The van der Waals surface area contributed by atoms with Crippen molar-refractivity contribution in [2.45, 2.75) is 11.4 Å². The van der Waals surface area contributed by atoms with Crippen LogP contribution in [0.4, 0.5) is 0 Å². The van der Waals surface area contributed by atoms with E-state index in [0.717, 1.165) is 23.4 Å². The Morgan fingerprint density at radius 3 is 2.05 bits per heavy atom. The summed E-state index contributed by atoms with van der Waals surface area (Å²) in [4.78, 5) is 6.81. The summed E-state index contributed by atoms with van der Waals surface area (Å²) in [7, 11) is 3.68. The predicted octanol–water partition coefficient (Wildman–Crippen LogP) is 2.06. The van der Waals surface area contributed by atoms with Gasteiger partial charge in [-0.05, 0) is 37.9 Å². The van der Waals surface area contributed by atoms with Crippen LogP contribution in [0.3, 0.4) is 0 Å². The first-order valence-corrected chi connectivity index (χ1v) is 8.37. The van der Waals surface area contributed by atoms with E-state index in [0.29, 0.717) is 0 Å². The molecule has 0 N–H and O–H groups in total. The van der Waals surface area contributed by atoms with E-state index in [9.17, 15) is 8.42 Å². The van der Waals surface area contributed by atoms with Crippen LogP contribution in [0.2, 0.25) is 0 Å². The summed E-state index contributed by atoms with van der Waals surface area (Å²) < 4.78 is 25.3. The van der Waals surface area contributed by atoms with Gasteiger partial charge in [-0.25, -0.2) is 12.7 Å². The smallest absolute Gasteiger partial charge is 0.242 e. The maximum atomic E-state index is 12.0. The fourth-order valence-electron chi connectivity index (χ4n) is 2.06. The van der Waals surface area contributed by atoms with E-state index in [2.05, 4.69) is 9.88 Å². The minimum Gasteiger partial charge on any atom is -0.305 e. The van der Waals surface area contributed by atoms with Gasteiger partial charge < -0.3 is 4.90 Å². The Hall–Kier alpha value is -1.76. The molecule has 118 valence electrons. The van der Waals surface area contributed by atoms with Gasteiger partial charge in [0, 0.05) is 32.4 Å². The monoisotopic (exact) mass is 319 g/mol. The fourth-order valence-corrected chi connectivity index (χ4v) is 2.96. The first kappa shape index (κ1) is 16.6. The van der Waals surface area contributed by atoms with Crippen molar-refractivity contribution in [1.29, 1.82) is 0 Å². The number of hydrogen-bond donors (Lipinski definition) is 0. The molecule has 0 unspecified atom stereocenters. The summed E-state index contributed by atoms with van der Waals surface area (Å²) in [6.45, 7) is 0.841. The molecule has 0 spiro atoms. The molecule has 22 heavy (non-hydrogen) atoms. The third-order valence-corrected chi connectivity index (χ3v) is 5.08. The van der Waals surface area contributed by atoms with Gasteiger partial charge in [-0.3, -0.25) is 4.98 Å². The SMILES string of the molecule is CN(C)Cc1ccc(-c2ccc(S(=O)(=O)N(C)C)cc2)nc1. The second-order valence-electron chi connectivity index (χ2n) is 5.60. The van der Waals surface area contributed by atoms with E-state index in [4.69, 9.17) is 0 Å². The lowest BCUT2D eigenvalue weighted by atomic mass is 10.1. The van der Waals surface area contributed by atoms with Crippen molar-refractivity contribution >= 4 is 10.0 Å². The van der Waals surface area contributed by atoms with Crippen LogP contribution in [-0.2, 0) is 16.6 Å². The van der Waals surface area contributed by atoms with Gasteiger partial charge in [0.15, 0.2) is 0 Å². The highest BCUT2D eigenvalue weighted by atomic mass is 32.2. The van der Waals surface area contributed by atoms with E-state index in [1.165, 1.54) is 18.4 Å². The number of rotatable bonds is 5. The molecule has 1 aromatic carbocycles. The number of benzene rings is 1. The van der Waals surface area contributed by atoms with Crippen LogP contribution >= 0.6 is 0 Å². The van der Waals surface area contributed by atoms with Gasteiger partial charge in [0.2, 0.25) is 10.0 Å². The average Bonchev–Trinajstić information content (AvgIpc) is 2.47. The zero-order valence-electron chi connectivity index (χ0n) is 13.3. The fraction of sp³-hybridized carbons (Fsp3) is 0.312. The summed E-state index contributed by atoms with van der Waals surface area (Å²) in [5.74, 6) is 0. The minimum absolute atomic E-state index is 0.283. The van der Waals surface area contributed by atoms with Crippen molar-refractivity contribution in [2.24, 2.45) is 0 Å². The lowest BCUT2D eigenvalue weighted by molar-refractivity contribution is 0.402. The Kier molecular flexibility index (Phi) is 4.95. The maximum Gasteiger partial charge on any atom is 0.242 e. The number of pyridine rings is 1. The topological polar surface area (TPSA) is 53.5 Å². The highest BCUT2D eigenvalue weighted by molar-refractivity contribution is 7.89. The Labute approximate surface area is 132 Å². The molecule has 6 heteroatoms. The summed E-state index contributed by atoms with van der Waals surface area (Å²) in [5, 5.41) is 0. The van der Waals surface area contributed by atoms with E-state index in [-0.39, 0.29) is 4.90 Å². The summed E-state index contributed by atoms with van der Waals surface area (Å²) >= 11 is 0. The molecule has 2 rings (SSSR count). The molecule has 0 amide bonds. The summed E-state index contributed by atoms with van der Waals surface area (Å²) in [5.41, 5.74) is 2.87. The molecule has 0 aliphatic rings. The Balaban J connectivity index is 2.24. The van der Waals surface area contributed by atoms with Crippen molar-refractivity contribution in [3.63, 3.8) is 0 Å². The van der Waals surface area contributed by atoms with Crippen LogP contribution in [0.25, 0.3) is 11.3 Å². The molecule has 1 aromatic heterocycles. The summed E-state index contributed by atoms with van der Waals surface area (Å²) in [6, 6.07) is 10.8. The molecular formula is C16H21N3O2S. The molecule has 1 heterocycles. The van der Waals surface area contributed by atoms with Gasteiger partial charge in [-0.15, -0.1) is 0 Å². The molecule has 0 atom stereocenters. The maximum absolute atomic E-state index is 12.0. The highest BCUT2D eigenvalue weighted by Crippen LogP contribution is 2.21. The zero-order chi connectivity index (χ0) is 16.3. The molecule has 0 aliphatic carbocycles. The first-order valence-electron chi connectivity index (χ1n) is 6.93. The molecule has 0 fully saturated rings. The van der Waals surface area contributed by atoms with Gasteiger partial charge >= 0.3 is 0 Å². The van der Waals surface area contributed by atoms with Crippen LogP contribution < -0.4 is 0 Å². The standard InChI is InChI=1S/C16H21N3O2S/c1-18(2)12-13-5-10-16(17-11-13)14-6-8-15(9-7-14)22(20,21)19(3)4/h5-11H,12H2,1-4H3. The van der Waals surface area contributed by atoms with E-state index >= 15 is 0 Å². The quantitative estimate of drug-likeness (QED) is 0.846. The van der Waals surface area contributed by atoms with Crippen molar-refractivity contribution in [2.75, 3.05) is 28.2 Å². The lowest BCUT2D eigenvalue weighted by Crippen LogP contribution is -2.22. The summed E-state index contributed by atoms with van der Waals surface area (Å²) in [6.07, 6.45) is 1.85. The molecule has 2 aromatic rings. The number of nitrogens with zero attached hydrogens (tertiary/aromatic N) is 3. The number of sulfonamides is 1. The molecular weight excluding hydrogens is 298 g/mol. The molecule has 0 aliphatic heterocycles. The van der Waals surface area contributed by atoms with Crippen LogP contribution in [-0.4, -0.2) is 50.8 Å².